The van der Waals surface area contributed by atoms with Crippen molar-refractivity contribution in [2.75, 3.05) is 0 Å². The number of nitroso groups, excluding NO2 is 1. The van der Waals surface area contributed by atoms with Crippen LogP contribution in [0.25, 0.3) is 0 Å². The zero-order valence-electron chi connectivity index (χ0n) is 15.8. The topological polar surface area (TPSA) is 70.1 Å². The molecule has 5 fully saturated rings. The number of carbonyl (C=O) groups excluding carboxylic acids is 2. The molecule has 0 aromatic heterocycles. The summed E-state index contributed by atoms with van der Waals surface area (Å²) in [6.45, 7) is 3.64. The zero-order valence-corrected chi connectivity index (χ0v) is 15.8. The summed E-state index contributed by atoms with van der Waals surface area (Å²) >= 11 is 0. The molecular weight excluding hydrogens is 342 g/mol. The van der Waals surface area contributed by atoms with Gasteiger partial charge in [-0.25, -0.2) is 10.0 Å². The smallest absolute Gasteiger partial charge is 0.270 e. The van der Waals surface area contributed by atoms with Crippen LogP contribution in [0.3, 0.4) is 0 Å². The van der Waals surface area contributed by atoms with E-state index in [0.717, 1.165) is 11.8 Å². The average Bonchev–Trinajstić information content (AvgIpc) is 2.65. The van der Waals surface area contributed by atoms with Crippen LogP contribution in [0.4, 0.5) is 5.69 Å². The van der Waals surface area contributed by atoms with Crippen LogP contribution in [-0.4, -0.2) is 33.4 Å². The Kier molecular flexibility index (Phi) is 3.52. The summed E-state index contributed by atoms with van der Waals surface area (Å²) in [7, 11) is 0. The molecule has 1 aromatic carbocycles. The van der Waals surface area contributed by atoms with Gasteiger partial charge >= 0.3 is 0 Å². The molecule has 4 saturated carbocycles. The molecule has 2 amide bonds. The number of nitrogens with zero attached hydrogens (tertiary/aromatic N) is 3. The van der Waals surface area contributed by atoms with Crippen molar-refractivity contribution >= 4 is 17.5 Å². The highest BCUT2D eigenvalue weighted by molar-refractivity contribution is 6.04. The van der Waals surface area contributed by atoms with Gasteiger partial charge in [0.25, 0.3) is 11.8 Å². The van der Waals surface area contributed by atoms with E-state index in [4.69, 9.17) is 0 Å². The summed E-state index contributed by atoms with van der Waals surface area (Å²) in [5.74, 6) is 2.57. The van der Waals surface area contributed by atoms with Crippen LogP contribution in [0.15, 0.2) is 29.4 Å². The van der Waals surface area contributed by atoms with Crippen molar-refractivity contribution in [2.45, 2.75) is 57.5 Å². The molecule has 1 heterocycles. The molecular formula is C21H25N3O3. The van der Waals surface area contributed by atoms with Crippen LogP contribution < -0.4 is 0 Å². The van der Waals surface area contributed by atoms with Gasteiger partial charge in [-0.05, 0) is 99.1 Å². The van der Waals surface area contributed by atoms with Crippen LogP contribution in [0.1, 0.15) is 56.3 Å². The first-order chi connectivity index (χ1) is 12.9. The van der Waals surface area contributed by atoms with Gasteiger partial charge in [-0.3, -0.25) is 9.59 Å². The van der Waals surface area contributed by atoms with Gasteiger partial charge in [0.2, 0.25) is 0 Å². The predicted molar refractivity (Wildman–Crippen MR) is 99.8 cm³/mol. The Morgan fingerprint density at radius 1 is 1.00 bits per heavy atom. The molecule has 0 unspecified atom stereocenters. The molecule has 4 aliphatic carbocycles. The van der Waals surface area contributed by atoms with Crippen LogP contribution in [0.5, 0.6) is 0 Å². The average molecular weight is 367 g/mol. The van der Waals surface area contributed by atoms with Crippen molar-refractivity contribution in [1.29, 1.82) is 0 Å². The molecule has 0 spiro atoms. The first-order valence-corrected chi connectivity index (χ1v) is 10.0. The van der Waals surface area contributed by atoms with Crippen LogP contribution in [-0.2, 0) is 4.79 Å². The minimum Gasteiger partial charge on any atom is -0.270 e. The Morgan fingerprint density at radius 3 is 2.07 bits per heavy atom. The van der Waals surface area contributed by atoms with Gasteiger partial charge in [0.15, 0.2) is 0 Å². The SMILES string of the molecule is CC1(C)C(=O)N(C2C3CC4CC(C3)CC2C4)N1C(=O)c1ccc(N=O)cc1. The van der Waals surface area contributed by atoms with E-state index in [1.807, 2.05) is 13.8 Å². The van der Waals surface area contributed by atoms with E-state index in [0.29, 0.717) is 23.1 Å². The van der Waals surface area contributed by atoms with E-state index >= 15 is 0 Å². The maximum absolute atomic E-state index is 13.3. The van der Waals surface area contributed by atoms with Crippen molar-refractivity contribution in [1.82, 2.24) is 10.0 Å². The molecule has 5 aliphatic rings. The van der Waals surface area contributed by atoms with E-state index in [2.05, 4.69) is 5.18 Å². The van der Waals surface area contributed by atoms with Crippen molar-refractivity contribution in [3.8, 4) is 0 Å². The number of hydrogen-bond acceptors (Lipinski definition) is 4. The molecule has 4 bridgehead atoms. The summed E-state index contributed by atoms with van der Waals surface area (Å²) in [5, 5.41) is 6.35. The minimum absolute atomic E-state index is 0.0551. The van der Waals surface area contributed by atoms with Gasteiger partial charge in [-0.1, -0.05) is 0 Å². The minimum atomic E-state index is -0.826. The number of benzene rings is 1. The van der Waals surface area contributed by atoms with Crippen molar-refractivity contribution < 1.29 is 9.59 Å². The number of amides is 2. The molecule has 142 valence electrons. The van der Waals surface area contributed by atoms with Crippen molar-refractivity contribution in [3.05, 3.63) is 34.7 Å². The van der Waals surface area contributed by atoms with E-state index in [9.17, 15) is 14.5 Å². The highest BCUT2D eigenvalue weighted by Crippen LogP contribution is 2.57. The fourth-order valence-corrected chi connectivity index (χ4v) is 6.39. The molecule has 6 heteroatoms. The standard InChI is InChI=1S/C21H25N3O3/c1-21(2)20(26)23(18-15-8-12-7-13(10-15)11-16(18)9-12)24(21)19(25)14-3-5-17(22-27)6-4-14/h3-6,12-13,15-16,18H,7-11H2,1-2H3. The van der Waals surface area contributed by atoms with Crippen molar-refractivity contribution in [3.63, 3.8) is 0 Å². The predicted octanol–water partition coefficient (Wildman–Crippen LogP) is 3.89. The van der Waals surface area contributed by atoms with Gasteiger partial charge < -0.3 is 0 Å². The molecule has 0 atom stereocenters. The number of carbonyl (C=O) groups is 2. The maximum atomic E-state index is 13.3. The summed E-state index contributed by atoms with van der Waals surface area (Å²) < 4.78 is 0. The lowest BCUT2D eigenvalue weighted by Crippen LogP contribution is -2.80. The number of hydrogen-bond donors (Lipinski definition) is 0. The van der Waals surface area contributed by atoms with Crippen molar-refractivity contribution in [2.24, 2.45) is 28.8 Å². The molecule has 27 heavy (non-hydrogen) atoms. The van der Waals surface area contributed by atoms with E-state index in [1.165, 1.54) is 32.1 Å². The lowest BCUT2D eigenvalue weighted by molar-refractivity contribution is -0.230. The molecule has 1 aliphatic heterocycles. The second-order valence-corrected chi connectivity index (χ2v) is 9.39. The molecule has 1 aromatic rings. The highest BCUT2D eigenvalue weighted by Gasteiger charge is 2.62. The molecule has 6 rings (SSSR count). The Morgan fingerprint density at radius 2 is 1.56 bits per heavy atom. The lowest BCUT2D eigenvalue weighted by atomic mass is 9.53. The van der Waals surface area contributed by atoms with E-state index in [1.54, 1.807) is 34.3 Å². The molecule has 0 N–H and O–H groups in total. The summed E-state index contributed by atoms with van der Waals surface area (Å²) in [6.07, 6.45) is 6.15. The number of hydrazine groups is 1. The Balaban J connectivity index is 1.46. The van der Waals surface area contributed by atoms with Gasteiger partial charge in [-0.2, -0.15) is 0 Å². The normalized spacial score (nSPS) is 35.9. The Bertz CT molecular complexity index is 788. The molecule has 0 radical (unpaired) electrons. The van der Waals surface area contributed by atoms with Gasteiger partial charge in [0.1, 0.15) is 11.2 Å². The third kappa shape index (κ3) is 2.31. The van der Waals surface area contributed by atoms with Crippen LogP contribution in [0.2, 0.25) is 0 Å². The van der Waals surface area contributed by atoms with E-state index in [-0.39, 0.29) is 17.9 Å². The van der Waals surface area contributed by atoms with Gasteiger partial charge in [-0.15, -0.1) is 4.91 Å². The molecule has 1 saturated heterocycles. The Labute approximate surface area is 158 Å². The second kappa shape index (κ2) is 5.63. The maximum Gasteiger partial charge on any atom is 0.273 e. The Hall–Kier alpha value is -2.24. The number of rotatable bonds is 3. The highest BCUT2D eigenvalue weighted by atomic mass is 16.3. The van der Waals surface area contributed by atoms with Crippen LogP contribution in [0, 0.1) is 28.6 Å². The first-order valence-electron chi connectivity index (χ1n) is 10.0. The van der Waals surface area contributed by atoms with E-state index < -0.39 is 5.54 Å². The summed E-state index contributed by atoms with van der Waals surface area (Å²) in [6, 6.07) is 6.49. The fraction of sp³-hybridized carbons (Fsp3) is 0.619. The molecule has 6 nitrogen and oxygen atoms in total. The van der Waals surface area contributed by atoms with Crippen LogP contribution >= 0.6 is 0 Å². The summed E-state index contributed by atoms with van der Waals surface area (Å²) in [5.41, 5.74) is -0.0481. The second-order valence-electron chi connectivity index (χ2n) is 9.39. The monoisotopic (exact) mass is 367 g/mol. The third-order valence-corrected chi connectivity index (χ3v) is 7.35. The quantitative estimate of drug-likeness (QED) is 0.761. The third-order valence-electron chi connectivity index (χ3n) is 7.35. The lowest BCUT2D eigenvalue weighted by Gasteiger charge is -2.65. The summed E-state index contributed by atoms with van der Waals surface area (Å²) in [4.78, 5) is 36.9. The zero-order chi connectivity index (χ0) is 18.9. The fourth-order valence-electron chi connectivity index (χ4n) is 6.39. The largest absolute Gasteiger partial charge is 0.273 e. The van der Waals surface area contributed by atoms with Gasteiger partial charge in [0.05, 0.1) is 6.04 Å². The first kappa shape index (κ1) is 16.9. The van der Waals surface area contributed by atoms with Gasteiger partial charge in [0, 0.05) is 5.56 Å².